The molecule has 1 amide bonds. The van der Waals surface area contributed by atoms with Crippen LogP contribution in [0.25, 0.3) is 17.1 Å². The number of carbonyl (C=O) groups excluding carboxylic acids is 1. The van der Waals surface area contributed by atoms with Crippen molar-refractivity contribution in [2.45, 2.75) is 5.16 Å². The fraction of sp³-hybridized carbons (Fsp3) is 0.0435. The number of carbonyl (C=O) groups is 1. The molecular formula is C23H17Cl2N5OS. The Morgan fingerprint density at radius 2 is 1.72 bits per heavy atom. The maximum Gasteiger partial charge on any atom is 0.250 e. The van der Waals surface area contributed by atoms with E-state index in [0.717, 1.165) is 11.3 Å². The second-order valence-electron chi connectivity index (χ2n) is 6.59. The van der Waals surface area contributed by atoms with Crippen LogP contribution in [-0.2, 0) is 4.79 Å². The molecule has 6 nitrogen and oxygen atoms in total. The molecule has 0 unspecified atom stereocenters. The minimum absolute atomic E-state index is 0.117. The lowest BCUT2D eigenvalue weighted by atomic mass is 10.2. The highest BCUT2D eigenvalue weighted by molar-refractivity contribution is 7.99. The number of nitrogens with one attached hydrogen (secondary N) is 1. The van der Waals surface area contributed by atoms with Gasteiger partial charge in [-0.15, -0.1) is 10.2 Å². The zero-order chi connectivity index (χ0) is 22.3. The van der Waals surface area contributed by atoms with E-state index in [1.807, 2.05) is 65.2 Å². The maximum atomic E-state index is 12.3. The minimum atomic E-state index is -0.278. The number of hydrazone groups is 1. The van der Waals surface area contributed by atoms with Crippen LogP contribution in [0.5, 0.6) is 0 Å². The van der Waals surface area contributed by atoms with Crippen LogP contribution in [0.2, 0.25) is 10.0 Å². The largest absolute Gasteiger partial charge is 0.272 e. The Bertz CT molecular complexity index is 1250. The van der Waals surface area contributed by atoms with Gasteiger partial charge in [-0.2, -0.15) is 5.10 Å². The summed E-state index contributed by atoms with van der Waals surface area (Å²) in [5, 5.41) is 14.2. The van der Waals surface area contributed by atoms with Crippen LogP contribution in [0.3, 0.4) is 0 Å². The Hall–Kier alpha value is -3.13. The van der Waals surface area contributed by atoms with Gasteiger partial charge in [0.05, 0.1) is 17.0 Å². The van der Waals surface area contributed by atoms with Crippen molar-refractivity contribution in [1.29, 1.82) is 0 Å². The van der Waals surface area contributed by atoms with E-state index < -0.39 is 0 Å². The second-order valence-corrected chi connectivity index (χ2v) is 8.38. The topological polar surface area (TPSA) is 72.2 Å². The highest BCUT2D eigenvalue weighted by Gasteiger charge is 2.17. The van der Waals surface area contributed by atoms with Crippen molar-refractivity contribution in [2.24, 2.45) is 5.10 Å². The zero-order valence-corrected chi connectivity index (χ0v) is 19.0. The first-order valence-electron chi connectivity index (χ1n) is 9.58. The molecule has 32 heavy (non-hydrogen) atoms. The van der Waals surface area contributed by atoms with Gasteiger partial charge in [-0.3, -0.25) is 9.36 Å². The molecule has 0 aliphatic carbocycles. The molecule has 0 aliphatic heterocycles. The van der Waals surface area contributed by atoms with Gasteiger partial charge in [0.25, 0.3) is 5.91 Å². The Morgan fingerprint density at radius 1 is 1.00 bits per heavy atom. The number of hydrogen-bond donors (Lipinski definition) is 1. The number of halogens is 2. The van der Waals surface area contributed by atoms with Crippen LogP contribution in [0, 0.1) is 0 Å². The molecule has 160 valence electrons. The van der Waals surface area contributed by atoms with Crippen LogP contribution in [0.15, 0.2) is 89.1 Å². The summed E-state index contributed by atoms with van der Waals surface area (Å²) in [6.07, 6.45) is 1.47. The smallest absolute Gasteiger partial charge is 0.250 e. The molecule has 0 aliphatic rings. The van der Waals surface area contributed by atoms with Crippen molar-refractivity contribution >= 4 is 47.1 Å². The van der Waals surface area contributed by atoms with E-state index in [2.05, 4.69) is 20.7 Å². The molecule has 0 spiro atoms. The van der Waals surface area contributed by atoms with E-state index in [1.165, 1.54) is 18.0 Å². The van der Waals surface area contributed by atoms with Crippen LogP contribution in [0.1, 0.15) is 5.56 Å². The number of hydrogen-bond acceptors (Lipinski definition) is 5. The molecule has 4 aromatic rings. The van der Waals surface area contributed by atoms with Crippen molar-refractivity contribution in [2.75, 3.05) is 5.75 Å². The van der Waals surface area contributed by atoms with Crippen LogP contribution >= 0.6 is 35.0 Å². The third-order valence-corrected chi connectivity index (χ3v) is 5.86. The first-order valence-corrected chi connectivity index (χ1v) is 11.3. The molecule has 0 saturated heterocycles. The predicted molar refractivity (Wildman–Crippen MR) is 130 cm³/mol. The van der Waals surface area contributed by atoms with Crippen molar-refractivity contribution in [3.8, 4) is 17.1 Å². The van der Waals surface area contributed by atoms with Crippen LogP contribution in [-0.4, -0.2) is 32.6 Å². The van der Waals surface area contributed by atoms with Gasteiger partial charge in [-0.25, -0.2) is 5.43 Å². The lowest BCUT2D eigenvalue weighted by Crippen LogP contribution is -2.20. The predicted octanol–water partition coefficient (Wildman–Crippen LogP) is 5.48. The van der Waals surface area contributed by atoms with Gasteiger partial charge in [-0.1, -0.05) is 89.6 Å². The average Bonchev–Trinajstić information content (AvgIpc) is 3.24. The van der Waals surface area contributed by atoms with Crippen molar-refractivity contribution in [3.05, 3.63) is 94.5 Å². The minimum Gasteiger partial charge on any atom is -0.272 e. The van der Waals surface area contributed by atoms with Gasteiger partial charge in [-0.05, 0) is 24.3 Å². The van der Waals surface area contributed by atoms with E-state index >= 15 is 0 Å². The van der Waals surface area contributed by atoms with Gasteiger partial charge < -0.3 is 0 Å². The Morgan fingerprint density at radius 3 is 2.44 bits per heavy atom. The summed E-state index contributed by atoms with van der Waals surface area (Å²) < 4.78 is 1.93. The number of rotatable bonds is 7. The molecule has 1 aromatic heterocycles. The molecule has 0 fully saturated rings. The fourth-order valence-corrected chi connectivity index (χ4v) is 4.09. The molecule has 4 rings (SSSR count). The molecule has 1 N–H and O–H groups in total. The zero-order valence-electron chi connectivity index (χ0n) is 16.7. The van der Waals surface area contributed by atoms with Crippen LogP contribution in [0.4, 0.5) is 0 Å². The van der Waals surface area contributed by atoms with E-state index in [9.17, 15) is 4.79 Å². The van der Waals surface area contributed by atoms with Gasteiger partial charge >= 0.3 is 0 Å². The Kier molecular flexibility index (Phi) is 7.21. The number of benzene rings is 3. The summed E-state index contributed by atoms with van der Waals surface area (Å²) in [4.78, 5) is 12.3. The molecule has 9 heteroatoms. The molecule has 1 heterocycles. The summed E-state index contributed by atoms with van der Waals surface area (Å²) in [6.45, 7) is 0. The van der Waals surface area contributed by atoms with E-state index in [1.54, 1.807) is 18.2 Å². The van der Waals surface area contributed by atoms with Gasteiger partial charge in [0, 0.05) is 21.8 Å². The number of thioether (sulfide) groups is 1. The highest BCUT2D eigenvalue weighted by Crippen LogP contribution is 2.27. The molecule has 0 radical (unpaired) electrons. The van der Waals surface area contributed by atoms with E-state index in [0.29, 0.717) is 26.6 Å². The van der Waals surface area contributed by atoms with Crippen LogP contribution < -0.4 is 5.43 Å². The summed E-state index contributed by atoms with van der Waals surface area (Å²) in [7, 11) is 0. The van der Waals surface area contributed by atoms with E-state index in [-0.39, 0.29) is 11.7 Å². The SMILES string of the molecule is O=C(CSc1nnc(-c2ccccc2)n1-c1ccccc1)N/N=C/c1ccc(Cl)cc1Cl. The van der Waals surface area contributed by atoms with Crippen molar-refractivity contribution in [1.82, 2.24) is 20.2 Å². The number of para-hydroxylation sites is 1. The summed E-state index contributed by atoms with van der Waals surface area (Å²) in [5.74, 6) is 0.543. The third kappa shape index (κ3) is 5.37. The molecular weight excluding hydrogens is 465 g/mol. The van der Waals surface area contributed by atoms with Gasteiger partial charge in [0.1, 0.15) is 0 Å². The van der Waals surface area contributed by atoms with Gasteiger partial charge in [0.2, 0.25) is 0 Å². The lowest BCUT2D eigenvalue weighted by Gasteiger charge is -2.10. The molecule has 0 atom stereocenters. The monoisotopic (exact) mass is 481 g/mol. The summed E-state index contributed by atoms with van der Waals surface area (Å²) in [6, 6.07) is 24.6. The van der Waals surface area contributed by atoms with Crippen molar-refractivity contribution in [3.63, 3.8) is 0 Å². The summed E-state index contributed by atoms with van der Waals surface area (Å²) >= 11 is 13.3. The number of nitrogens with zero attached hydrogens (tertiary/aromatic N) is 4. The van der Waals surface area contributed by atoms with Gasteiger partial charge in [0.15, 0.2) is 11.0 Å². The maximum absolute atomic E-state index is 12.3. The quantitative estimate of drug-likeness (QED) is 0.215. The fourth-order valence-electron chi connectivity index (χ4n) is 2.89. The molecule has 3 aromatic carbocycles. The van der Waals surface area contributed by atoms with Crippen molar-refractivity contribution < 1.29 is 4.79 Å². The normalized spacial score (nSPS) is 11.1. The highest BCUT2D eigenvalue weighted by atomic mass is 35.5. The first kappa shape index (κ1) is 22.1. The molecule has 0 saturated carbocycles. The second kappa shape index (κ2) is 10.5. The molecule has 0 bridgehead atoms. The Labute approximate surface area is 199 Å². The lowest BCUT2D eigenvalue weighted by molar-refractivity contribution is -0.118. The summed E-state index contributed by atoms with van der Waals surface area (Å²) in [5.41, 5.74) is 5.00. The number of aromatic nitrogens is 3. The number of amides is 1. The average molecular weight is 482 g/mol. The Balaban J connectivity index is 1.48. The third-order valence-electron chi connectivity index (χ3n) is 4.37. The van der Waals surface area contributed by atoms with E-state index in [4.69, 9.17) is 23.2 Å². The first-order chi connectivity index (χ1) is 15.6. The standard InChI is InChI=1S/C23H17Cl2N5OS/c24-18-12-11-17(20(25)13-18)14-26-27-21(31)15-32-23-29-28-22(16-7-3-1-4-8-16)30(23)19-9-5-2-6-10-19/h1-14H,15H2,(H,27,31)/b26-14+.